The topological polar surface area (TPSA) is 25.4 Å². The van der Waals surface area contributed by atoms with E-state index in [-0.39, 0.29) is 0 Å². The van der Waals surface area contributed by atoms with Crippen LogP contribution < -0.4 is 9.64 Å². The normalized spacial score (nSPS) is 17.5. The molecule has 0 radical (unpaired) electrons. The molecule has 1 unspecified atom stereocenters. The van der Waals surface area contributed by atoms with E-state index < -0.39 is 0 Å². The van der Waals surface area contributed by atoms with Crippen LogP contribution in [0.2, 0.25) is 0 Å². The molecule has 1 atom stereocenters. The van der Waals surface area contributed by atoms with Gasteiger partial charge in [-0.1, -0.05) is 40.2 Å². The summed E-state index contributed by atoms with van der Waals surface area (Å²) in [7, 11) is 0. The largest absolute Gasteiger partial charge is 0.487 e. The average Bonchev–Trinajstić information content (AvgIpc) is 2.67. The van der Waals surface area contributed by atoms with Crippen molar-refractivity contribution in [3.63, 3.8) is 0 Å². The molecule has 2 heterocycles. The number of nitrogens with zero attached hydrogens (tertiary/aromatic N) is 2. The van der Waals surface area contributed by atoms with E-state index in [0.29, 0.717) is 12.6 Å². The van der Waals surface area contributed by atoms with E-state index in [2.05, 4.69) is 58.1 Å². The van der Waals surface area contributed by atoms with Crippen LogP contribution in [0, 0.1) is 0 Å². The fourth-order valence-corrected chi connectivity index (χ4v) is 3.83. The fraction of sp³-hybridized carbons (Fsp3) is 0.318. The Morgan fingerprint density at radius 2 is 1.92 bits per heavy atom. The smallest absolute Gasteiger partial charge is 0.146 e. The Hall–Kier alpha value is -2.07. The number of piperidine rings is 1. The third-order valence-corrected chi connectivity index (χ3v) is 5.60. The van der Waals surface area contributed by atoms with Gasteiger partial charge in [-0.15, -0.1) is 0 Å². The summed E-state index contributed by atoms with van der Waals surface area (Å²) in [4.78, 5) is 7.39. The lowest BCUT2D eigenvalue weighted by Crippen LogP contribution is -2.37. The van der Waals surface area contributed by atoms with Gasteiger partial charge in [-0.05, 0) is 62.1 Å². The molecule has 0 N–H and O–H groups in total. The lowest BCUT2D eigenvalue weighted by Gasteiger charge is -2.34. The average molecular weight is 411 g/mol. The molecular weight excluding hydrogens is 388 g/mol. The highest BCUT2D eigenvalue weighted by Crippen LogP contribution is 2.29. The summed E-state index contributed by atoms with van der Waals surface area (Å²) in [6.07, 6.45) is 3.79. The number of halogens is 1. The molecule has 1 aliphatic rings. The molecule has 1 fully saturated rings. The molecule has 4 rings (SSSR count). The van der Waals surface area contributed by atoms with Gasteiger partial charge in [-0.25, -0.2) is 4.98 Å². The monoisotopic (exact) mass is 410 g/mol. The van der Waals surface area contributed by atoms with E-state index in [4.69, 9.17) is 9.72 Å². The molecule has 3 nitrogen and oxygen atoms in total. The second-order valence-corrected chi connectivity index (χ2v) is 7.87. The van der Waals surface area contributed by atoms with Crippen LogP contribution in [-0.4, -0.2) is 17.6 Å². The number of aromatic nitrogens is 1. The van der Waals surface area contributed by atoms with Crippen LogP contribution in [0.5, 0.6) is 5.75 Å². The molecule has 1 aromatic heterocycles. The molecule has 3 aromatic rings. The van der Waals surface area contributed by atoms with E-state index in [1.165, 1.54) is 19.3 Å². The van der Waals surface area contributed by atoms with Gasteiger partial charge in [0.05, 0.1) is 0 Å². The Bertz CT molecular complexity index is 894. The highest BCUT2D eigenvalue weighted by molar-refractivity contribution is 9.10. The van der Waals surface area contributed by atoms with E-state index >= 15 is 0 Å². The van der Waals surface area contributed by atoms with Crippen LogP contribution in [0.3, 0.4) is 0 Å². The second-order valence-electron chi connectivity index (χ2n) is 6.95. The highest BCUT2D eigenvalue weighted by Gasteiger charge is 2.20. The Labute approximate surface area is 163 Å². The van der Waals surface area contributed by atoms with Crippen molar-refractivity contribution in [1.29, 1.82) is 0 Å². The van der Waals surface area contributed by atoms with Crippen molar-refractivity contribution in [1.82, 2.24) is 4.98 Å². The molecule has 26 heavy (non-hydrogen) atoms. The first kappa shape index (κ1) is 17.3. The van der Waals surface area contributed by atoms with Gasteiger partial charge in [0, 0.05) is 22.4 Å². The summed E-state index contributed by atoms with van der Waals surface area (Å²) in [6, 6.07) is 19.2. The molecule has 0 aliphatic carbocycles. The number of pyridine rings is 1. The van der Waals surface area contributed by atoms with Crippen molar-refractivity contribution in [2.75, 3.05) is 11.4 Å². The Kier molecular flexibility index (Phi) is 5.11. The fourth-order valence-electron chi connectivity index (χ4n) is 3.57. The maximum atomic E-state index is 6.12. The minimum atomic E-state index is 0.540. The zero-order valence-electron chi connectivity index (χ0n) is 15.0. The van der Waals surface area contributed by atoms with E-state index in [9.17, 15) is 0 Å². The third kappa shape index (κ3) is 3.70. The van der Waals surface area contributed by atoms with Crippen LogP contribution >= 0.6 is 15.9 Å². The van der Waals surface area contributed by atoms with Crippen LogP contribution in [0.15, 0.2) is 59.1 Å². The van der Waals surface area contributed by atoms with Crippen molar-refractivity contribution >= 4 is 32.7 Å². The van der Waals surface area contributed by atoms with Crippen LogP contribution in [0.1, 0.15) is 31.7 Å². The first-order valence-electron chi connectivity index (χ1n) is 9.24. The minimum Gasteiger partial charge on any atom is -0.487 e. The maximum Gasteiger partial charge on any atom is 0.146 e. The van der Waals surface area contributed by atoms with Crippen molar-refractivity contribution in [2.45, 2.75) is 38.8 Å². The number of benzene rings is 2. The molecule has 134 valence electrons. The first-order chi connectivity index (χ1) is 12.7. The van der Waals surface area contributed by atoms with Crippen molar-refractivity contribution in [3.05, 3.63) is 64.6 Å². The van der Waals surface area contributed by atoms with Gasteiger partial charge in [-0.3, -0.25) is 0 Å². The first-order valence-corrected chi connectivity index (χ1v) is 10.0. The maximum absolute atomic E-state index is 6.12. The number of hydrogen-bond donors (Lipinski definition) is 0. The zero-order chi connectivity index (χ0) is 17.9. The molecule has 1 saturated heterocycles. The molecule has 0 amide bonds. The van der Waals surface area contributed by atoms with Crippen LogP contribution in [0.25, 0.3) is 10.9 Å². The third-order valence-electron chi connectivity index (χ3n) is 5.07. The highest BCUT2D eigenvalue weighted by atomic mass is 79.9. The SMILES string of the molecule is CC1CCCCN1c1ccc2cccc(OCc3ccc(Br)cc3)c2n1. The van der Waals surface area contributed by atoms with Gasteiger partial charge in [0.1, 0.15) is 23.7 Å². The Morgan fingerprint density at radius 3 is 2.73 bits per heavy atom. The van der Waals surface area contributed by atoms with Crippen molar-refractivity contribution < 1.29 is 4.74 Å². The number of rotatable bonds is 4. The number of anilines is 1. The van der Waals surface area contributed by atoms with E-state index in [1.54, 1.807) is 0 Å². The molecular formula is C22H23BrN2O. The summed E-state index contributed by atoms with van der Waals surface area (Å²) in [5.74, 6) is 1.90. The van der Waals surface area contributed by atoms with Gasteiger partial charge < -0.3 is 9.64 Å². The van der Waals surface area contributed by atoms with E-state index in [0.717, 1.165) is 39.1 Å². The number of para-hydroxylation sites is 1. The van der Waals surface area contributed by atoms with Crippen LogP contribution in [-0.2, 0) is 6.61 Å². The Morgan fingerprint density at radius 1 is 1.08 bits per heavy atom. The van der Waals surface area contributed by atoms with E-state index in [1.807, 2.05) is 24.3 Å². The quantitative estimate of drug-likeness (QED) is 0.530. The number of fused-ring (bicyclic) bond motifs is 1. The molecule has 0 saturated carbocycles. The number of hydrogen-bond acceptors (Lipinski definition) is 3. The summed E-state index contributed by atoms with van der Waals surface area (Å²) >= 11 is 3.47. The lowest BCUT2D eigenvalue weighted by atomic mass is 10.0. The summed E-state index contributed by atoms with van der Waals surface area (Å²) in [5, 5.41) is 1.12. The Balaban J connectivity index is 1.61. The lowest BCUT2D eigenvalue weighted by molar-refractivity contribution is 0.309. The second kappa shape index (κ2) is 7.67. The predicted molar refractivity (Wildman–Crippen MR) is 111 cm³/mol. The van der Waals surface area contributed by atoms with Gasteiger partial charge in [-0.2, -0.15) is 0 Å². The van der Waals surface area contributed by atoms with Crippen molar-refractivity contribution in [2.24, 2.45) is 0 Å². The van der Waals surface area contributed by atoms with Crippen LogP contribution in [0.4, 0.5) is 5.82 Å². The van der Waals surface area contributed by atoms with Crippen molar-refractivity contribution in [3.8, 4) is 5.75 Å². The molecule has 0 bridgehead atoms. The molecule has 0 spiro atoms. The zero-order valence-corrected chi connectivity index (χ0v) is 16.6. The standard InChI is InChI=1S/C22H23BrN2O/c1-16-5-2-3-14-25(16)21-13-10-18-6-4-7-20(22(18)24-21)26-15-17-8-11-19(23)12-9-17/h4,6-13,16H,2-3,5,14-15H2,1H3. The summed E-state index contributed by atoms with van der Waals surface area (Å²) in [5.41, 5.74) is 2.09. The number of ether oxygens (including phenoxy) is 1. The van der Waals surface area contributed by atoms with Gasteiger partial charge >= 0.3 is 0 Å². The van der Waals surface area contributed by atoms with Gasteiger partial charge in [0.2, 0.25) is 0 Å². The minimum absolute atomic E-state index is 0.540. The molecule has 1 aliphatic heterocycles. The van der Waals surface area contributed by atoms with Gasteiger partial charge in [0.25, 0.3) is 0 Å². The molecule has 4 heteroatoms. The summed E-state index contributed by atoms with van der Waals surface area (Å²) < 4.78 is 7.20. The summed E-state index contributed by atoms with van der Waals surface area (Å²) in [6.45, 7) is 3.92. The van der Waals surface area contributed by atoms with Gasteiger partial charge in [0.15, 0.2) is 0 Å². The molecule has 2 aromatic carbocycles. The predicted octanol–water partition coefficient (Wildman–Crippen LogP) is 5.96.